The van der Waals surface area contributed by atoms with Gasteiger partial charge in [-0.2, -0.15) is 0 Å². The van der Waals surface area contributed by atoms with E-state index in [1.165, 1.54) is 24.3 Å². The molecule has 0 unspecified atom stereocenters. The topological polar surface area (TPSA) is 103 Å². The van der Waals surface area contributed by atoms with Crippen molar-refractivity contribution < 1.29 is 28.8 Å². The monoisotopic (exact) mass is 340 g/mol. The third kappa shape index (κ3) is 2.97. The van der Waals surface area contributed by atoms with Crippen LogP contribution >= 0.6 is 0 Å². The molecular formula is C17H12N2O6. The second-order valence-corrected chi connectivity index (χ2v) is 4.98. The van der Waals surface area contributed by atoms with Crippen LogP contribution in [0.2, 0.25) is 0 Å². The van der Waals surface area contributed by atoms with E-state index in [0.717, 1.165) is 6.20 Å². The molecule has 126 valence electrons. The molecule has 1 aromatic heterocycles. The van der Waals surface area contributed by atoms with Crippen molar-refractivity contribution in [2.24, 2.45) is 0 Å². The van der Waals surface area contributed by atoms with Gasteiger partial charge in [0.25, 0.3) is 11.8 Å². The molecule has 1 aliphatic rings. The van der Waals surface area contributed by atoms with Gasteiger partial charge < -0.3 is 9.57 Å². The van der Waals surface area contributed by atoms with Gasteiger partial charge in [0, 0.05) is 6.20 Å². The average molecular weight is 340 g/mol. The molecule has 8 nitrogen and oxygen atoms in total. The molecule has 0 saturated heterocycles. The lowest BCUT2D eigenvalue weighted by molar-refractivity contribution is -0.0588. The third-order valence-corrected chi connectivity index (χ3v) is 3.41. The molecule has 0 N–H and O–H groups in total. The van der Waals surface area contributed by atoms with Gasteiger partial charge >= 0.3 is 11.9 Å². The fourth-order valence-corrected chi connectivity index (χ4v) is 2.23. The highest BCUT2D eigenvalue weighted by molar-refractivity contribution is 6.21. The number of amides is 2. The first-order chi connectivity index (χ1) is 12.0. The number of carbonyl (C=O) groups is 4. The number of pyridine rings is 1. The number of ether oxygens (including phenoxy) is 1. The van der Waals surface area contributed by atoms with Gasteiger partial charge in [-0.3, -0.25) is 9.59 Å². The van der Waals surface area contributed by atoms with E-state index < -0.39 is 23.8 Å². The second-order valence-electron chi connectivity index (χ2n) is 4.98. The summed E-state index contributed by atoms with van der Waals surface area (Å²) in [4.78, 5) is 56.6. The van der Waals surface area contributed by atoms with Crippen molar-refractivity contribution in [1.82, 2.24) is 10.0 Å². The molecule has 2 amide bonds. The maximum Gasteiger partial charge on any atom is 0.382 e. The van der Waals surface area contributed by atoms with Crippen molar-refractivity contribution in [2.45, 2.75) is 6.92 Å². The van der Waals surface area contributed by atoms with Gasteiger partial charge in [0.1, 0.15) is 0 Å². The molecule has 0 aliphatic carbocycles. The van der Waals surface area contributed by atoms with Crippen LogP contribution in [-0.4, -0.2) is 40.4 Å². The Bertz CT molecular complexity index is 840. The molecule has 0 atom stereocenters. The summed E-state index contributed by atoms with van der Waals surface area (Å²) in [6, 6.07) is 8.72. The Morgan fingerprint density at radius 1 is 1.00 bits per heavy atom. The summed E-state index contributed by atoms with van der Waals surface area (Å²) in [6.07, 6.45) is 1.15. The van der Waals surface area contributed by atoms with Crippen molar-refractivity contribution in [1.29, 1.82) is 0 Å². The predicted octanol–water partition coefficient (Wildman–Crippen LogP) is 1.63. The van der Waals surface area contributed by atoms with Gasteiger partial charge in [0.2, 0.25) is 0 Å². The number of imide groups is 1. The maximum absolute atomic E-state index is 12.1. The van der Waals surface area contributed by atoms with Crippen LogP contribution in [0.15, 0.2) is 42.6 Å². The highest BCUT2D eigenvalue weighted by atomic mass is 16.7. The number of nitrogens with zero attached hydrogens (tertiary/aromatic N) is 2. The van der Waals surface area contributed by atoms with Crippen LogP contribution in [0.25, 0.3) is 0 Å². The summed E-state index contributed by atoms with van der Waals surface area (Å²) in [5.41, 5.74) is 0.320. The van der Waals surface area contributed by atoms with Gasteiger partial charge in [-0.05, 0) is 31.2 Å². The minimum Gasteiger partial charge on any atom is -0.462 e. The molecule has 8 heteroatoms. The SMILES string of the molecule is CCOC(=O)c1ccc(C(=O)ON2C(=O)c3ccccc3C2=O)nc1. The van der Waals surface area contributed by atoms with Crippen molar-refractivity contribution in [3.8, 4) is 0 Å². The van der Waals surface area contributed by atoms with Crippen LogP contribution in [0.5, 0.6) is 0 Å². The quantitative estimate of drug-likeness (QED) is 0.615. The van der Waals surface area contributed by atoms with E-state index >= 15 is 0 Å². The van der Waals surface area contributed by atoms with Crippen LogP contribution in [0, 0.1) is 0 Å². The lowest BCUT2D eigenvalue weighted by Crippen LogP contribution is -2.33. The molecule has 2 aromatic rings. The smallest absolute Gasteiger partial charge is 0.382 e. The van der Waals surface area contributed by atoms with E-state index in [1.807, 2.05) is 0 Å². The Hall–Kier alpha value is -3.55. The first kappa shape index (κ1) is 16.3. The van der Waals surface area contributed by atoms with Crippen LogP contribution < -0.4 is 0 Å². The van der Waals surface area contributed by atoms with Crippen LogP contribution in [0.3, 0.4) is 0 Å². The zero-order valence-electron chi connectivity index (χ0n) is 13.1. The average Bonchev–Trinajstić information content (AvgIpc) is 2.87. The maximum atomic E-state index is 12.1. The first-order valence-electron chi connectivity index (χ1n) is 7.36. The minimum absolute atomic E-state index is 0.158. The number of hydrogen-bond acceptors (Lipinski definition) is 7. The third-order valence-electron chi connectivity index (χ3n) is 3.41. The van der Waals surface area contributed by atoms with E-state index in [2.05, 4.69) is 4.98 Å². The standard InChI is InChI=1S/C17H12N2O6/c1-2-24-16(22)10-7-8-13(18-9-10)17(23)25-19-14(20)11-5-3-4-6-12(11)15(19)21/h3-9H,2H2,1H3. The number of hydroxylamine groups is 2. The zero-order valence-corrected chi connectivity index (χ0v) is 13.1. The van der Waals surface area contributed by atoms with E-state index in [1.54, 1.807) is 19.1 Å². The lowest BCUT2D eigenvalue weighted by atomic mass is 10.1. The molecular weight excluding hydrogens is 328 g/mol. The van der Waals surface area contributed by atoms with Gasteiger partial charge in [0.15, 0.2) is 5.69 Å². The highest BCUT2D eigenvalue weighted by Crippen LogP contribution is 2.23. The Balaban J connectivity index is 1.74. The molecule has 0 bridgehead atoms. The molecule has 1 aromatic carbocycles. The number of benzene rings is 1. The largest absolute Gasteiger partial charge is 0.462 e. The van der Waals surface area contributed by atoms with Gasteiger partial charge in [0.05, 0.1) is 23.3 Å². The van der Waals surface area contributed by atoms with Gasteiger partial charge in [-0.25, -0.2) is 14.6 Å². The Labute approximate surface area is 141 Å². The summed E-state index contributed by atoms with van der Waals surface area (Å²) in [7, 11) is 0. The van der Waals surface area contributed by atoms with Crippen molar-refractivity contribution in [3.05, 3.63) is 65.0 Å². The fraction of sp³-hybridized carbons (Fsp3) is 0.118. The molecule has 0 saturated carbocycles. The van der Waals surface area contributed by atoms with Crippen LogP contribution in [0.1, 0.15) is 48.5 Å². The van der Waals surface area contributed by atoms with E-state index in [4.69, 9.17) is 9.57 Å². The predicted molar refractivity (Wildman–Crippen MR) is 82.6 cm³/mol. The van der Waals surface area contributed by atoms with E-state index in [-0.39, 0.29) is 29.0 Å². The number of hydrogen-bond donors (Lipinski definition) is 0. The summed E-state index contributed by atoms with van der Waals surface area (Å²) in [6.45, 7) is 1.88. The summed E-state index contributed by atoms with van der Waals surface area (Å²) >= 11 is 0. The molecule has 2 heterocycles. The number of aromatic nitrogens is 1. The summed E-state index contributed by atoms with van der Waals surface area (Å²) < 4.78 is 4.81. The molecule has 0 fully saturated rings. The molecule has 1 aliphatic heterocycles. The first-order valence-corrected chi connectivity index (χ1v) is 7.36. The summed E-state index contributed by atoms with van der Waals surface area (Å²) in [5, 5.41) is 0.397. The Kier molecular flexibility index (Phi) is 4.25. The normalized spacial score (nSPS) is 12.8. The van der Waals surface area contributed by atoms with Crippen LogP contribution in [-0.2, 0) is 9.57 Å². The minimum atomic E-state index is -0.995. The number of esters is 1. The van der Waals surface area contributed by atoms with Crippen LogP contribution in [0.4, 0.5) is 0 Å². The zero-order chi connectivity index (χ0) is 18.0. The second kappa shape index (κ2) is 6.52. The Morgan fingerprint density at radius 3 is 2.16 bits per heavy atom. The van der Waals surface area contributed by atoms with Crippen molar-refractivity contribution in [3.63, 3.8) is 0 Å². The lowest BCUT2D eigenvalue weighted by Gasteiger charge is -2.12. The molecule has 0 radical (unpaired) electrons. The fourth-order valence-electron chi connectivity index (χ4n) is 2.23. The molecule has 0 spiro atoms. The highest BCUT2D eigenvalue weighted by Gasteiger charge is 2.38. The van der Waals surface area contributed by atoms with Gasteiger partial charge in [-0.1, -0.05) is 17.2 Å². The number of fused-ring (bicyclic) bond motifs is 1. The number of rotatable bonds is 4. The van der Waals surface area contributed by atoms with E-state index in [9.17, 15) is 19.2 Å². The van der Waals surface area contributed by atoms with Gasteiger partial charge in [-0.15, -0.1) is 0 Å². The molecule has 3 rings (SSSR count). The molecule has 25 heavy (non-hydrogen) atoms. The van der Waals surface area contributed by atoms with E-state index in [0.29, 0.717) is 5.06 Å². The van der Waals surface area contributed by atoms with Crippen molar-refractivity contribution >= 4 is 23.8 Å². The summed E-state index contributed by atoms with van der Waals surface area (Å²) in [5.74, 6) is -3.02. The number of carbonyl (C=O) groups excluding carboxylic acids is 4. The Morgan fingerprint density at radius 2 is 1.64 bits per heavy atom. The van der Waals surface area contributed by atoms with Crippen molar-refractivity contribution in [2.75, 3.05) is 6.61 Å².